The van der Waals surface area contributed by atoms with Crippen molar-refractivity contribution < 1.29 is 0 Å². The molecule has 0 spiro atoms. The normalized spacial score (nSPS) is 25.2. The Bertz CT molecular complexity index is 465. The first-order valence-electron chi connectivity index (χ1n) is 6.94. The zero-order valence-electron chi connectivity index (χ0n) is 10.9. The maximum atomic E-state index is 5.28. The van der Waals surface area contributed by atoms with Gasteiger partial charge in [0.05, 0.1) is 0 Å². The molecule has 2 aliphatic rings. The Balaban J connectivity index is 1.84. The van der Waals surface area contributed by atoms with Gasteiger partial charge in [-0.2, -0.15) is 0 Å². The Morgan fingerprint density at radius 3 is 3.00 bits per heavy atom. The Labute approximate surface area is 113 Å². The number of fused-ring (bicyclic) bond motifs is 1. The van der Waals surface area contributed by atoms with Crippen LogP contribution in [-0.4, -0.2) is 51.9 Å². The molecule has 1 aromatic heterocycles. The van der Waals surface area contributed by atoms with Crippen molar-refractivity contribution in [3.05, 3.63) is 4.77 Å². The van der Waals surface area contributed by atoms with Crippen molar-refractivity contribution in [2.24, 2.45) is 0 Å². The van der Waals surface area contributed by atoms with Crippen LogP contribution in [0.4, 0.5) is 5.95 Å². The minimum atomic E-state index is 0.711. The number of anilines is 1. The van der Waals surface area contributed by atoms with Gasteiger partial charge < -0.3 is 4.90 Å². The molecule has 0 amide bonds. The number of nitrogens with zero attached hydrogens (tertiary/aromatic N) is 4. The molecule has 2 aliphatic heterocycles. The van der Waals surface area contributed by atoms with Crippen LogP contribution in [0.25, 0.3) is 0 Å². The lowest BCUT2D eigenvalue weighted by Gasteiger charge is -2.26. The van der Waals surface area contributed by atoms with E-state index in [1.165, 1.54) is 32.4 Å². The molecule has 6 heteroatoms. The molecule has 0 bridgehead atoms. The summed E-state index contributed by atoms with van der Waals surface area (Å²) in [5.41, 5.74) is 0. The molecule has 0 aliphatic carbocycles. The van der Waals surface area contributed by atoms with Gasteiger partial charge in [-0.25, -0.2) is 5.10 Å². The molecule has 18 heavy (non-hydrogen) atoms. The predicted molar refractivity (Wildman–Crippen MR) is 74.5 cm³/mol. The van der Waals surface area contributed by atoms with Crippen LogP contribution in [-0.2, 0) is 6.54 Å². The summed E-state index contributed by atoms with van der Waals surface area (Å²) in [5, 5.41) is 7.35. The summed E-state index contributed by atoms with van der Waals surface area (Å²) >= 11 is 5.28. The third-order valence-electron chi connectivity index (χ3n) is 4.14. The van der Waals surface area contributed by atoms with E-state index in [1.54, 1.807) is 0 Å². The van der Waals surface area contributed by atoms with Crippen molar-refractivity contribution in [3.8, 4) is 0 Å². The summed E-state index contributed by atoms with van der Waals surface area (Å²) in [6.07, 6.45) is 3.90. The van der Waals surface area contributed by atoms with Crippen LogP contribution < -0.4 is 4.90 Å². The number of aromatic amines is 1. The van der Waals surface area contributed by atoms with E-state index in [0.717, 1.165) is 30.4 Å². The fourth-order valence-corrected chi connectivity index (χ4v) is 3.48. The lowest BCUT2D eigenvalue weighted by atomic mass is 10.2. The van der Waals surface area contributed by atoms with Crippen LogP contribution in [0.2, 0.25) is 0 Å². The molecule has 5 nitrogen and oxygen atoms in total. The molecule has 100 valence electrons. The maximum Gasteiger partial charge on any atom is 0.225 e. The molecule has 1 unspecified atom stereocenters. The first-order valence-corrected chi connectivity index (χ1v) is 7.34. The zero-order valence-corrected chi connectivity index (χ0v) is 11.7. The highest BCUT2D eigenvalue weighted by atomic mass is 32.1. The van der Waals surface area contributed by atoms with Gasteiger partial charge in [-0.15, -0.1) is 5.10 Å². The Kier molecular flexibility index (Phi) is 3.39. The summed E-state index contributed by atoms with van der Waals surface area (Å²) in [7, 11) is 0. The minimum absolute atomic E-state index is 0.711. The highest BCUT2D eigenvalue weighted by molar-refractivity contribution is 7.71. The van der Waals surface area contributed by atoms with Gasteiger partial charge in [0.15, 0.2) is 4.77 Å². The Morgan fingerprint density at radius 2 is 2.17 bits per heavy atom. The summed E-state index contributed by atoms with van der Waals surface area (Å²) in [6.45, 7) is 7.70. The van der Waals surface area contributed by atoms with Gasteiger partial charge in [0.2, 0.25) is 5.95 Å². The van der Waals surface area contributed by atoms with Crippen LogP contribution in [0.3, 0.4) is 0 Å². The SMILES string of the molecule is CCn1c(N2CCCN3CCCC3C2)n[nH]c1=S. The number of hydrogen-bond acceptors (Lipinski definition) is 4. The summed E-state index contributed by atoms with van der Waals surface area (Å²) in [6, 6.07) is 0.711. The van der Waals surface area contributed by atoms with Gasteiger partial charge in [0.1, 0.15) is 0 Å². The average Bonchev–Trinajstić information content (AvgIpc) is 2.90. The van der Waals surface area contributed by atoms with Crippen molar-refractivity contribution >= 4 is 18.2 Å². The largest absolute Gasteiger partial charge is 0.339 e. The first-order chi connectivity index (χ1) is 8.79. The highest BCUT2D eigenvalue weighted by Crippen LogP contribution is 2.24. The smallest absolute Gasteiger partial charge is 0.225 e. The third kappa shape index (κ3) is 2.07. The number of rotatable bonds is 2. The summed E-state index contributed by atoms with van der Waals surface area (Å²) < 4.78 is 2.83. The molecular formula is C12H21N5S. The summed E-state index contributed by atoms with van der Waals surface area (Å²) in [5.74, 6) is 1.02. The van der Waals surface area contributed by atoms with Crippen molar-refractivity contribution in [2.75, 3.05) is 31.1 Å². The molecule has 3 heterocycles. The first kappa shape index (κ1) is 12.2. The molecule has 2 saturated heterocycles. The average molecular weight is 267 g/mol. The molecule has 0 radical (unpaired) electrons. The Hall–Kier alpha value is -0.880. The van der Waals surface area contributed by atoms with E-state index in [0.29, 0.717) is 6.04 Å². The van der Waals surface area contributed by atoms with Gasteiger partial charge in [0.25, 0.3) is 0 Å². The van der Waals surface area contributed by atoms with E-state index >= 15 is 0 Å². The second kappa shape index (κ2) is 5.01. The lowest BCUT2D eigenvalue weighted by molar-refractivity contribution is 0.273. The van der Waals surface area contributed by atoms with Crippen LogP contribution >= 0.6 is 12.2 Å². The molecule has 1 aromatic rings. The van der Waals surface area contributed by atoms with Crippen LogP contribution in [0.1, 0.15) is 26.2 Å². The van der Waals surface area contributed by atoms with E-state index in [-0.39, 0.29) is 0 Å². The van der Waals surface area contributed by atoms with Crippen molar-refractivity contribution in [1.82, 2.24) is 19.7 Å². The van der Waals surface area contributed by atoms with E-state index < -0.39 is 0 Å². The van der Waals surface area contributed by atoms with Gasteiger partial charge in [-0.1, -0.05) is 0 Å². The highest BCUT2D eigenvalue weighted by Gasteiger charge is 2.30. The topological polar surface area (TPSA) is 40.1 Å². The monoisotopic (exact) mass is 267 g/mol. The third-order valence-corrected chi connectivity index (χ3v) is 4.45. The van der Waals surface area contributed by atoms with Crippen molar-refractivity contribution in [1.29, 1.82) is 0 Å². The van der Waals surface area contributed by atoms with Gasteiger partial charge in [-0.3, -0.25) is 9.47 Å². The van der Waals surface area contributed by atoms with E-state index in [2.05, 4.69) is 31.5 Å². The summed E-state index contributed by atoms with van der Waals surface area (Å²) in [4.78, 5) is 5.04. The molecule has 0 aromatic carbocycles. The van der Waals surface area contributed by atoms with Crippen molar-refractivity contribution in [3.63, 3.8) is 0 Å². The van der Waals surface area contributed by atoms with E-state index in [1.807, 2.05) is 0 Å². The maximum absolute atomic E-state index is 5.28. The zero-order chi connectivity index (χ0) is 12.5. The fourth-order valence-electron chi connectivity index (χ4n) is 3.22. The van der Waals surface area contributed by atoms with Crippen LogP contribution in [0, 0.1) is 4.77 Å². The molecule has 3 rings (SSSR count). The molecule has 1 atom stereocenters. The number of nitrogens with one attached hydrogen (secondary N) is 1. The Morgan fingerprint density at radius 1 is 1.33 bits per heavy atom. The van der Waals surface area contributed by atoms with Gasteiger partial charge in [-0.05, 0) is 44.9 Å². The standard InChI is InChI=1S/C12H21N5S/c1-2-17-11(13-14-12(17)18)16-8-4-7-15-6-3-5-10(15)9-16/h10H,2-9H2,1H3,(H,14,18). The number of hydrogen-bond donors (Lipinski definition) is 1. The lowest BCUT2D eigenvalue weighted by Crippen LogP contribution is -2.37. The molecular weight excluding hydrogens is 246 g/mol. The predicted octanol–water partition coefficient (Wildman–Crippen LogP) is 1.64. The van der Waals surface area contributed by atoms with Gasteiger partial charge >= 0.3 is 0 Å². The van der Waals surface area contributed by atoms with Crippen LogP contribution in [0.15, 0.2) is 0 Å². The van der Waals surface area contributed by atoms with Crippen molar-refractivity contribution in [2.45, 2.75) is 38.8 Å². The quantitative estimate of drug-likeness (QED) is 0.827. The molecule has 0 saturated carbocycles. The number of H-pyrrole nitrogens is 1. The van der Waals surface area contributed by atoms with E-state index in [9.17, 15) is 0 Å². The van der Waals surface area contributed by atoms with E-state index in [4.69, 9.17) is 12.2 Å². The van der Waals surface area contributed by atoms with Crippen LogP contribution in [0.5, 0.6) is 0 Å². The molecule has 1 N–H and O–H groups in total. The fraction of sp³-hybridized carbons (Fsp3) is 0.833. The second-order valence-electron chi connectivity index (χ2n) is 5.20. The second-order valence-corrected chi connectivity index (χ2v) is 5.59. The number of aromatic nitrogens is 3. The molecule has 2 fully saturated rings. The van der Waals surface area contributed by atoms with Gasteiger partial charge in [0, 0.05) is 32.2 Å². The minimum Gasteiger partial charge on any atom is -0.339 e.